The highest BCUT2D eigenvalue weighted by molar-refractivity contribution is 7.09. The van der Waals surface area contributed by atoms with E-state index in [1.165, 1.54) is 11.3 Å². The van der Waals surface area contributed by atoms with Gasteiger partial charge in [-0.2, -0.15) is 0 Å². The smallest absolute Gasteiger partial charge is 0.270 e. The predicted molar refractivity (Wildman–Crippen MR) is 105 cm³/mol. The number of thiazole rings is 1. The van der Waals surface area contributed by atoms with E-state index in [1.54, 1.807) is 5.38 Å². The molecule has 0 unspecified atom stereocenters. The fourth-order valence-corrected chi connectivity index (χ4v) is 3.41. The first-order valence-corrected chi connectivity index (χ1v) is 9.20. The summed E-state index contributed by atoms with van der Waals surface area (Å²) in [5.74, 6) is 1.36. The molecule has 8 heteroatoms. The third kappa shape index (κ3) is 4.66. The Hall–Kier alpha value is -1.83. The van der Waals surface area contributed by atoms with Crippen molar-refractivity contribution in [1.82, 2.24) is 10.3 Å². The van der Waals surface area contributed by atoms with E-state index in [0.717, 1.165) is 22.1 Å². The van der Waals surface area contributed by atoms with Gasteiger partial charge in [0, 0.05) is 23.8 Å². The largest absolute Gasteiger partial charge is 0.486 e. The van der Waals surface area contributed by atoms with Crippen molar-refractivity contribution in [2.24, 2.45) is 5.73 Å². The first-order valence-electron chi connectivity index (χ1n) is 8.32. The summed E-state index contributed by atoms with van der Waals surface area (Å²) in [6.07, 6.45) is 0.695. The molecular weight excluding hydrogens is 374 g/mol. The van der Waals surface area contributed by atoms with Crippen molar-refractivity contribution in [3.63, 3.8) is 0 Å². The molecule has 26 heavy (non-hydrogen) atoms. The van der Waals surface area contributed by atoms with E-state index in [4.69, 9.17) is 15.2 Å². The van der Waals surface area contributed by atoms with E-state index < -0.39 is 0 Å². The van der Waals surface area contributed by atoms with Crippen LogP contribution < -0.4 is 20.5 Å². The molecule has 2 heterocycles. The van der Waals surface area contributed by atoms with Crippen LogP contribution in [0.4, 0.5) is 0 Å². The Morgan fingerprint density at radius 2 is 2.04 bits per heavy atom. The summed E-state index contributed by atoms with van der Waals surface area (Å²) in [5.41, 5.74) is 6.81. The Balaban J connectivity index is 0.00000243. The molecular formula is C18H24ClN3O3S. The molecule has 0 saturated heterocycles. The molecule has 6 nitrogen and oxygen atoms in total. The number of carbonyl (C=O) groups excluding carboxylic acids is 1. The number of benzene rings is 1. The van der Waals surface area contributed by atoms with Crippen LogP contribution in [0.1, 0.15) is 34.9 Å². The van der Waals surface area contributed by atoms with Gasteiger partial charge in [0.05, 0.1) is 5.01 Å². The van der Waals surface area contributed by atoms with Gasteiger partial charge >= 0.3 is 0 Å². The van der Waals surface area contributed by atoms with Gasteiger partial charge in [0.1, 0.15) is 18.9 Å². The van der Waals surface area contributed by atoms with Crippen molar-refractivity contribution in [2.75, 3.05) is 26.3 Å². The number of ether oxygens (including phenoxy) is 2. The van der Waals surface area contributed by atoms with Gasteiger partial charge in [0.15, 0.2) is 11.5 Å². The van der Waals surface area contributed by atoms with Crippen molar-refractivity contribution in [3.05, 3.63) is 39.8 Å². The normalized spacial score (nSPS) is 13.0. The maximum absolute atomic E-state index is 12.3. The second-order valence-corrected chi connectivity index (χ2v) is 7.53. The molecule has 3 N–H and O–H groups in total. The van der Waals surface area contributed by atoms with Crippen LogP contribution in [0.5, 0.6) is 11.5 Å². The second-order valence-electron chi connectivity index (χ2n) is 6.59. The highest BCUT2D eigenvalue weighted by Gasteiger charge is 2.24. The summed E-state index contributed by atoms with van der Waals surface area (Å²) < 4.78 is 11.2. The molecule has 0 aliphatic carbocycles. The van der Waals surface area contributed by atoms with Crippen molar-refractivity contribution in [1.29, 1.82) is 0 Å². The summed E-state index contributed by atoms with van der Waals surface area (Å²) in [6.45, 7) is 6.33. The zero-order valence-corrected chi connectivity index (χ0v) is 16.5. The van der Waals surface area contributed by atoms with Crippen LogP contribution in [0.15, 0.2) is 23.6 Å². The lowest BCUT2D eigenvalue weighted by Crippen LogP contribution is -2.37. The summed E-state index contributed by atoms with van der Waals surface area (Å²) in [5, 5.41) is 5.64. The molecule has 0 saturated carbocycles. The van der Waals surface area contributed by atoms with Gasteiger partial charge in [-0.1, -0.05) is 19.9 Å². The van der Waals surface area contributed by atoms with Crippen LogP contribution in [0.3, 0.4) is 0 Å². The SMILES string of the molecule is CC(C)(CNC(=O)c1csc(CCN)n1)c1ccc2c(c1)OCCO2.Cl. The van der Waals surface area contributed by atoms with E-state index in [1.807, 2.05) is 18.2 Å². The molecule has 1 aliphatic rings. The standard InChI is InChI=1S/C18H23N3O3S.ClH/c1-18(2,12-3-4-14-15(9-12)24-8-7-23-14)11-20-17(22)13-10-25-16(21-13)5-6-19;/h3-4,9-10H,5-8,11,19H2,1-2H3,(H,20,22);1H. The Bertz CT molecular complexity index is 764. The van der Waals surface area contributed by atoms with Crippen molar-refractivity contribution < 1.29 is 14.3 Å². The molecule has 1 aliphatic heterocycles. The number of fused-ring (bicyclic) bond motifs is 1. The van der Waals surface area contributed by atoms with Gasteiger partial charge in [-0.05, 0) is 24.2 Å². The summed E-state index contributed by atoms with van der Waals surface area (Å²) in [7, 11) is 0. The molecule has 1 aromatic carbocycles. The minimum atomic E-state index is -0.248. The number of nitrogens with zero attached hydrogens (tertiary/aromatic N) is 1. The average Bonchev–Trinajstić information content (AvgIpc) is 3.08. The first kappa shape index (κ1) is 20.5. The molecule has 3 rings (SSSR count). The minimum absolute atomic E-state index is 0. The molecule has 0 bridgehead atoms. The lowest BCUT2D eigenvalue weighted by molar-refractivity contribution is 0.0941. The zero-order valence-electron chi connectivity index (χ0n) is 14.9. The number of rotatable bonds is 6. The number of aromatic nitrogens is 1. The summed E-state index contributed by atoms with van der Waals surface area (Å²) in [4.78, 5) is 16.7. The van der Waals surface area contributed by atoms with Crippen LogP contribution in [0.25, 0.3) is 0 Å². The molecule has 1 aromatic heterocycles. The topological polar surface area (TPSA) is 86.5 Å². The molecule has 0 fully saturated rings. The third-order valence-corrected chi connectivity index (χ3v) is 5.07. The van der Waals surface area contributed by atoms with Gasteiger partial charge in [-0.25, -0.2) is 4.98 Å². The van der Waals surface area contributed by atoms with Crippen LogP contribution in [0.2, 0.25) is 0 Å². The monoisotopic (exact) mass is 397 g/mol. The number of hydrogen-bond donors (Lipinski definition) is 2. The number of nitrogens with two attached hydrogens (primary N) is 1. The molecule has 0 atom stereocenters. The first-order chi connectivity index (χ1) is 12.0. The van der Waals surface area contributed by atoms with Gasteiger partial charge in [0.2, 0.25) is 0 Å². The lowest BCUT2D eigenvalue weighted by atomic mass is 9.84. The maximum Gasteiger partial charge on any atom is 0.270 e. The molecule has 1 amide bonds. The van der Waals surface area contributed by atoms with E-state index in [2.05, 4.69) is 24.1 Å². The number of amides is 1. The molecule has 142 valence electrons. The van der Waals surface area contributed by atoms with Gasteiger partial charge < -0.3 is 20.5 Å². The number of hydrogen-bond acceptors (Lipinski definition) is 6. The Labute approximate surface area is 163 Å². The quantitative estimate of drug-likeness (QED) is 0.782. The maximum atomic E-state index is 12.3. The molecule has 0 radical (unpaired) electrons. The molecule has 2 aromatic rings. The Kier molecular flexibility index (Phi) is 6.86. The zero-order chi connectivity index (χ0) is 17.9. The average molecular weight is 398 g/mol. The van der Waals surface area contributed by atoms with Crippen LogP contribution in [-0.2, 0) is 11.8 Å². The summed E-state index contributed by atoms with van der Waals surface area (Å²) >= 11 is 1.47. The highest BCUT2D eigenvalue weighted by atomic mass is 35.5. The second kappa shape index (κ2) is 8.70. The Morgan fingerprint density at radius 1 is 1.31 bits per heavy atom. The minimum Gasteiger partial charge on any atom is -0.486 e. The van der Waals surface area contributed by atoms with Gasteiger partial charge in [-0.3, -0.25) is 4.79 Å². The van der Waals surface area contributed by atoms with Crippen molar-refractivity contribution in [3.8, 4) is 11.5 Å². The van der Waals surface area contributed by atoms with Crippen molar-refractivity contribution in [2.45, 2.75) is 25.7 Å². The predicted octanol–water partition coefficient (Wildman–Crippen LogP) is 2.54. The van der Waals surface area contributed by atoms with Crippen LogP contribution in [0, 0.1) is 0 Å². The molecule has 0 spiro atoms. The Morgan fingerprint density at radius 3 is 2.77 bits per heavy atom. The number of nitrogens with one attached hydrogen (secondary N) is 1. The fraction of sp³-hybridized carbons (Fsp3) is 0.444. The summed E-state index contributed by atoms with van der Waals surface area (Å²) in [6, 6.07) is 5.93. The fourth-order valence-electron chi connectivity index (χ4n) is 2.61. The lowest BCUT2D eigenvalue weighted by Gasteiger charge is -2.27. The van der Waals surface area contributed by atoms with Gasteiger partial charge in [0.25, 0.3) is 5.91 Å². The van der Waals surface area contributed by atoms with E-state index >= 15 is 0 Å². The van der Waals surface area contributed by atoms with Crippen molar-refractivity contribution >= 4 is 29.7 Å². The number of halogens is 1. The highest BCUT2D eigenvalue weighted by Crippen LogP contribution is 2.34. The van der Waals surface area contributed by atoms with E-state index in [9.17, 15) is 4.79 Å². The van der Waals surface area contributed by atoms with Gasteiger partial charge in [-0.15, -0.1) is 23.7 Å². The van der Waals surface area contributed by atoms with Crippen LogP contribution >= 0.6 is 23.7 Å². The van der Waals surface area contributed by atoms with Crippen LogP contribution in [-0.4, -0.2) is 37.2 Å². The number of carbonyl (C=O) groups is 1. The third-order valence-electron chi connectivity index (χ3n) is 4.16. The van der Waals surface area contributed by atoms with E-state index in [0.29, 0.717) is 38.4 Å². The van der Waals surface area contributed by atoms with E-state index in [-0.39, 0.29) is 23.7 Å².